The van der Waals surface area contributed by atoms with E-state index in [1.807, 2.05) is 43.3 Å². The van der Waals surface area contributed by atoms with E-state index in [1.165, 1.54) is 12.1 Å². The third-order valence-corrected chi connectivity index (χ3v) is 12.7. The van der Waals surface area contributed by atoms with Gasteiger partial charge in [-0.2, -0.15) is 13.2 Å². The van der Waals surface area contributed by atoms with Crippen LogP contribution in [0, 0.1) is 5.41 Å². The molecule has 3 saturated heterocycles. The Morgan fingerprint density at radius 3 is 2.48 bits per heavy atom. The second kappa shape index (κ2) is 16.0. The normalized spacial score (nSPS) is 19.6. The first-order valence-corrected chi connectivity index (χ1v) is 20.7. The Morgan fingerprint density at radius 2 is 1.70 bits per heavy atom. The number of ether oxygens (including phenoxy) is 1. The largest absolute Gasteiger partial charge is 0.457 e. The van der Waals surface area contributed by atoms with Crippen molar-refractivity contribution in [3.63, 3.8) is 0 Å². The molecule has 314 valence electrons. The van der Waals surface area contributed by atoms with Crippen molar-refractivity contribution in [1.29, 1.82) is 0 Å². The minimum atomic E-state index is -4.43. The lowest BCUT2D eigenvalue weighted by molar-refractivity contribution is -0.138. The van der Waals surface area contributed by atoms with Gasteiger partial charge in [0, 0.05) is 61.3 Å². The number of anilines is 1. The Bertz CT molecular complexity index is 2540. The zero-order valence-corrected chi connectivity index (χ0v) is 33.6. The van der Waals surface area contributed by atoms with Crippen molar-refractivity contribution >= 4 is 40.1 Å². The quantitative estimate of drug-likeness (QED) is 0.145. The summed E-state index contributed by atoms with van der Waals surface area (Å²) in [7, 11) is 0. The van der Waals surface area contributed by atoms with Crippen molar-refractivity contribution in [1.82, 2.24) is 25.4 Å². The topological polar surface area (TPSA) is 124 Å². The molecule has 2 N–H and O–H groups in total. The number of halogens is 3. The van der Waals surface area contributed by atoms with Crippen LogP contribution in [0.3, 0.4) is 0 Å². The minimum Gasteiger partial charge on any atom is -0.457 e. The maximum Gasteiger partial charge on any atom is 0.416 e. The van der Waals surface area contributed by atoms with Gasteiger partial charge >= 0.3 is 6.18 Å². The fourth-order valence-electron chi connectivity index (χ4n) is 9.30. The van der Waals surface area contributed by atoms with E-state index in [2.05, 4.69) is 26.5 Å². The van der Waals surface area contributed by atoms with Crippen LogP contribution >= 0.6 is 0 Å². The lowest BCUT2D eigenvalue weighted by Crippen LogP contribution is -2.52. The van der Waals surface area contributed by atoms with Crippen molar-refractivity contribution in [2.45, 2.75) is 70.4 Å². The second-order valence-electron chi connectivity index (χ2n) is 16.8. The number of imide groups is 1. The highest BCUT2D eigenvalue weighted by atomic mass is 19.4. The Hall–Kier alpha value is -6.28. The molecule has 1 aromatic heterocycles. The highest BCUT2D eigenvalue weighted by Crippen LogP contribution is 2.42. The predicted octanol–water partition coefficient (Wildman–Crippen LogP) is 7.79. The van der Waals surface area contributed by atoms with Gasteiger partial charge in [0.15, 0.2) is 0 Å². The van der Waals surface area contributed by atoms with Crippen LogP contribution in [0.25, 0.3) is 10.8 Å². The van der Waals surface area contributed by atoms with Gasteiger partial charge in [-0.3, -0.25) is 34.4 Å². The molecule has 4 aliphatic heterocycles. The molecule has 2 atom stereocenters. The SMILES string of the molecule is C[C@H](NC(=O)c1ccc2c(Oc3ccc(C(F)(F)F)cc3)cccc2c1)c1cccc(CN2CCC3(CCN(c4ccc5c(c4)CN(C4CCC(=O)NC4=O)C5=O)CC3)C2)n1. The summed E-state index contributed by atoms with van der Waals surface area (Å²) in [5.41, 5.74) is 4.26. The number of nitrogens with one attached hydrogen (secondary N) is 2. The van der Waals surface area contributed by atoms with Crippen LogP contribution in [-0.2, 0) is 28.9 Å². The lowest BCUT2D eigenvalue weighted by atomic mass is 9.77. The summed E-state index contributed by atoms with van der Waals surface area (Å²) in [5, 5.41) is 6.92. The number of piperidine rings is 2. The van der Waals surface area contributed by atoms with Gasteiger partial charge in [-0.15, -0.1) is 0 Å². The van der Waals surface area contributed by atoms with Crippen molar-refractivity contribution in [3.05, 3.63) is 131 Å². The van der Waals surface area contributed by atoms with Crippen LogP contribution in [0.2, 0.25) is 0 Å². The van der Waals surface area contributed by atoms with E-state index in [0.29, 0.717) is 36.4 Å². The highest BCUT2D eigenvalue weighted by molar-refractivity contribution is 6.05. The molecule has 4 aromatic carbocycles. The van der Waals surface area contributed by atoms with Crippen LogP contribution in [-0.4, -0.2) is 70.6 Å². The highest BCUT2D eigenvalue weighted by Gasteiger charge is 2.42. The molecule has 4 amide bonds. The van der Waals surface area contributed by atoms with E-state index in [0.717, 1.165) is 91.0 Å². The molecule has 0 aliphatic carbocycles. The smallest absolute Gasteiger partial charge is 0.416 e. The zero-order chi connectivity index (χ0) is 42.5. The maximum atomic E-state index is 13.5. The van der Waals surface area contributed by atoms with Crippen LogP contribution in [0.4, 0.5) is 18.9 Å². The Kier molecular flexibility index (Phi) is 10.5. The lowest BCUT2D eigenvalue weighted by Gasteiger charge is -2.40. The van der Waals surface area contributed by atoms with Crippen LogP contribution < -0.4 is 20.3 Å². The van der Waals surface area contributed by atoms with Gasteiger partial charge in [0.2, 0.25) is 11.8 Å². The van der Waals surface area contributed by atoms with Gasteiger partial charge < -0.3 is 19.9 Å². The average molecular weight is 831 g/mol. The molecular weight excluding hydrogens is 786 g/mol. The van der Waals surface area contributed by atoms with Crippen LogP contribution in [0.15, 0.2) is 97.1 Å². The van der Waals surface area contributed by atoms with E-state index in [1.54, 1.807) is 35.2 Å². The first-order chi connectivity index (χ1) is 29.3. The summed E-state index contributed by atoms with van der Waals surface area (Å²) in [6.07, 6.45) is -0.632. The standard InChI is InChI=1S/C47H45F3N6O5/c1-29(51-43(58)31-8-14-37-30(24-31)4-2-7-41(37)61-36-12-9-33(10-13-36)47(48,49)50)39-6-3-5-34(52-39)27-54-21-18-46(28-54)19-22-55(23-20-46)35-11-15-38-32(25-35)26-56(45(38)60)40-16-17-42(57)53-44(40)59/h2-15,24-25,29,40H,16-23,26-28H2,1H3,(H,51,58)(H,53,57,59)/t29-,40?/m0/s1. The molecule has 0 saturated carbocycles. The van der Waals surface area contributed by atoms with E-state index in [4.69, 9.17) is 9.72 Å². The van der Waals surface area contributed by atoms with Gasteiger partial charge in [-0.05, 0) is 134 Å². The molecule has 5 heterocycles. The fraction of sp³-hybridized carbons (Fsp3) is 0.340. The number of alkyl halides is 3. The third-order valence-electron chi connectivity index (χ3n) is 12.7. The van der Waals surface area contributed by atoms with Crippen LogP contribution in [0.1, 0.15) is 88.3 Å². The molecule has 5 aromatic rings. The molecule has 14 heteroatoms. The third kappa shape index (κ3) is 8.28. The molecule has 3 fully saturated rings. The predicted molar refractivity (Wildman–Crippen MR) is 222 cm³/mol. The summed E-state index contributed by atoms with van der Waals surface area (Å²) in [6, 6.07) is 26.0. The summed E-state index contributed by atoms with van der Waals surface area (Å²) in [5.74, 6) is -0.381. The number of benzene rings is 4. The Morgan fingerprint density at radius 1 is 0.934 bits per heavy atom. The first-order valence-electron chi connectivity index (χ1n) is 20.7. The van der Waals surface area contributed by atoms with E-state index >= 15 is 0 Å². The van der Waals surface area contributed by atoms with Crippen LogP contribution in [0.5, 0.6) is 11.5 Å². The number of pyridine rings is 1. The molecule has 9 rings (SSSR count). The summed E-state index contributed by atoms with van der Waals surface area (Å²) >= 11 is 0. The molecule has 11 nitrogen and oxygen atoms in total. The van der Waals surface area contributed by atoms with Gasteiger partial charge in [0.25, 0.3) is 11.8 Å². The van der Waals surface area contributed by atoms with Gasteiger partial charge in [-0.25, -0.2) is 0 Å². The molecule has 1 unspecified atom stereocenters. The van der Waals surface area contributed by atoms with Crippen molar-refractivity contribution in [2.75, 3.05) is 31.1 Å². The van der Waals surface area contributed by atoms with Crippen molar-refractivity contribution in [3.8, 4) is 11.5 Å². The summed E-state index contributed by atoms with van der Waals surface area (Å²) in [4.78, 5) is 62.2. The molecule has 1 spiro atoms. The maximum absolute atomic E-state index is 13.5. The van der Waals surface area contributed by atoms with Gasteiger partial charge in [0.05, 0.1) is 23.0 Å². The number of nitrogens with zero attached hydrogens (tertiary/aromatic N) is 4. The van der Waals surface area contributed by atoms with Crippen molar-refractivity contribution in [2.24, 2.45) is 5.41 Å². The van der Waals surface area contributed by atoms with Gasteiger partial charge in [0.1, 0.15) is 17.5 Å². The Balaban J connectivity index is 0.778. The number of hydrogen-bond acceptors (Lipinski definition) is 8. The van der Waals surface area contributed by atoms with Gasteiger partial charge in [-0.1, -0.05) is 18.2 Å². The molecular formula is C47H45F3N6O5. The fourth-order valence-corrected chi connectivity index (χ4v) is 9.30. The zero-order valence-electron chi connectivity index (χ0n) is 33.6. The number of likely N-dealkylation sites (tertiary alicyclic amines) is 1. The average Bonchev–Trinajstić information content (AvgIpc) is 3.79. The molecule has 61 heavy (non-hydrogen) atoms. The number of amides is 4. The van der Waals surface area contributed by atoms with Crippen molar-refractivity contribution < 1.29 is 37.1 Å². The molecule has 0 radical (unpaired) electrons. The number of hydrogen-bond donors (Lipinski definition) is 2. The monoisotopic (exact) mass is 830 g/mol. The molecule has 0 bridgehead atoms. The van der Waals surface area contributed by atoms with E-state index in [-0.39, 0.29) is 41.3 Å². The number of carbonyl (C=O) groups is 4. The summed E-state index contributed by atoms with van der Waals surface area (Å²) in [6.45, 7) is 6.78. The number of aromatic nitrogens is 1. The first kappa shape index (κ1) is 40.1. The minimum absolute atomic E-state index is 0.159. The summed E-state index contributed by atoms with van der Waals surface area (Å²) < 4.78 is 45.0. The van der Waals surface area contributed by atoms with E-state index in [9.17, 15) is 32.3 Å². The number of carbonyl (C=O) groups excluding carboxylic acids is 4. The number of fused-ring (bicyclic) bond motifs is 2. The second-order valence-corrected chi connectivity index (χ2v) is 16.8. The number of rotatable bonds is 9. The van der Waals surface area contributed by atoms with E-state index < -0.39 is 23.7 Å². The Labute approximate surface area is 350 Å². The molecule has 4 aliphatic rings.